The second kappa shape index (κ2) is 5.80. The summed E-state index contributed by atoms with van der Waals surface area (Å²) in [4.78, 5) is 12.1. The lowest BCUT2D eigenvalue weighted by Gasteiger charge is -2.38. The van der Waals surface area contributed by atoms with Crippen LogP contribution in [0.25, 0.3) is 0 Å². The number of morpholine rings is 1. The van der Waals surface area contributed by atoms with Crippen LogP contribution in [0, 0.1) is 0 Å². The molecule has 5 heteroatoms. The molecule has 1 amide bonds. The summed E-state index contributed by atoms with van der Waals surface area (Å²) in [6, 6.07) is -0.269. The molecule has 2 fully saturated rings. The van der Waals surface area contributed by atoms with Crippen LogP contribution in [0.5, 0.6) is 0 Å². The largest absolute Gasteiger partial charge is 0.394 e. The number of ether oxygens (including phenoxy) is 1. The van der Waals surface area contributed by atoms with Crippen molar-refractivity contribution in [2.45, 2.75) is 43.7 Å². The van der Waals surface area contributed by atoms with E-state index in [1.165, 1.54) is 6.42 Å². The Morgan fingerprint density at radius 2 is 2.18 bits per heavy atom. The number of amides is 1. The molecule has 1 aliphatic carbocycles. The fraction of sp³-hybridized carbons (Fsp3) is 0.917. The molecule has 1 atom stereocenters. The topological polar surface area (TPSA) is 70.6 Å². The highest BCUT2D eigenvalue weighted by Gasteiger charge is 2.35. The summed E-state index contributed by atoms with van der Waals surface area (Å²) in [6.07, 6.45) is 5.11. The highest BCUT2D eigenvalue weighted by molar-refractivity contribution is 5.82. The molecule has 5 nitrogen and oxygen atoms in total. The summed E-state index contributed by atoms with van der Waals surface area (Å²) >= 11 is 0. The average Bonchev–Trinajstić information content (AvgIpc) is 2.41. The molecule has 0 aromatic carbocycles. The predicted molar refractivity (Wildman–Crippen MR) is 63.7 cm³/mol. The lowest BCUT2D eigenvalue weighted by atomic mass is 9.82. The number of hydrogen-bond donors (Lipinski definition) is 3. The monoisotopic (exact) mass is 242 g/mol. The Bertz CT molecular complexity index is 258. The van der Waals surface area contributed by atoms with Crippen molar-refractivity contribution >= 4 is 5.91 Å². The molecular formula is C12H22N2O3. The van der Waals surface area contributed by atoms with Gasteiger partial charge in [-0.15, -0.1) is 0 Å². The van der Waals surface area contributed by atoms with Crippen LogP contribution in [0.1, 0.15) is 32.1 Å². The maximum Gasteiger partial charge on any atom is 0.240 e. The van der Waals surface area contributed by atoms with E-state index in [0.29, 0.717) is 19.8 Å². The number of aliphatic hydroxyl groups is 1. The van der Waals surface area contributed by atoms with E-state index in [1.54, 1.807) is 0 Å². The second-order valence-electron chi connectivity index (χ2n) is 5.07. The standard InChI is InChI=1S/C12H22N2O3/c15-9-12(4-2-1-3-5-12)14-11(16)10-8-17-7-6-13-10/h10,13,15H,1-9H2,(H,14,16). The van der Waals surface area contributed by atoms with E-state index in [-0.39, 0.29) is 18.6 Å². The summed E-state index contributed by atoms with van der Waals surface area (Å²) in [7, 11) is 0. The summed E-state index contributed by atoms with van der Waals surface area (Å²) < 4.78 is 5.27. The van der Waals surface area contributed by atoms with Gasteiger partial charge in [-0.1, -0.05) is 19.3 Å². The first-order valence-electron chi connectivity index (χ1n) is 6.50. The van der Waals surface area contributed by atoms with Crippen LogP contribution < -0.4 is 10.6 Å². The first kappa shape index (κ1) is 12.8. The van der Waals surface area contributed by atoms with Gasteiger partial charge in [-0.3, -0.25) is 4.79 Å². The number of nitrogens with one attached hydrogen (secondary N) is 2. The van der Waals surface area contributed by atoms with Gasteiger partial charge in [0.05, 0.1) is 25.4 Å². The number of hydrogen-bond acceptors (Lipinski definition) is 4. The van der Waals surface area contributed by atoms with Crippen molar-refractivity contribution in [3.8, 4) is 0 Å². The lowest BCUT2D eigenvalue weighted by Crippen LogP contribution is -2.59. The Hall–Kier alpha value is -0.650. The SMILES string of the molecule is O=C(NC1(CO)CCCCC1)C1COCCN1. The molecular weight excluding hydrogens is 220 g/mol. The van der Waals surface area contributed by atoms with Crippen molar-refractivity contribution in [3.63, 3.8) is 0 Å². The predicted octanol–water partition coefficient (Wildman–Crippen LogP) is -0.214. The molecule has 1 aliphatic heterocycles. The Kier molecular flexibility index (Phi) is 4.36. The lowest BCUT2D eigenvalue weighted by molar-refractivity contribution is -0.129. The van der Waals surface area contributed by atoms with Gasteiger partial charge < -0.3 is 20.5 Å². The first-order valence-corrected chi connectivity index (χ1v) is 6.50. The molecule has 3 N–H and O–H groups in total. The van der Waals surface area contributed by atoms with Crippen molar-refractivity contribution < 1.29 is 14.6 Å². The maximum atomic E-state index is 12.1. The van der Waals surface area contributed by atoms with Gasteiger partial charge in [0.25, 0.3) is 0 Å². The molecule has 0 aromatic heterocycles. The molecule has 1 saturated carbocycles. The van der Waals surface area contributed by atoms with E-state index in [1.807, 2.05) is 0 Å². The maximum absolute atomic E-state index is 12.1. The smallest absolute Gasteiger partial charge is 0.240 e. The van der Waals surface area contributed by atoms with E-state index in [0.717, 1.165) is 25.7 Å². The molecule has 17 heavy (non-hydrogen) atoms. The fourth-order valence-corrected chi connectivity index (χ4v) is 2.63. The van der Waals surface area contributed by atoms with E-state index in [4.69, 9.17) is 4.74 Å². The van der Waals surface area contributed by atoms with E-state index < -0.39 is 5.54 Å². The van der Waals surface area contributed by atoms with Crippen LogP contribution in [-0.2, 0) is 9.53 Å². The molecule has 1 saturated heterocycles. The van der Waals surface area contributed by atoms with Gasteiger partial charge in [0, 0.05) is 6.54 Å². The van der Waals surface area contributed by atoms with Gasteiger partial charge in [-0.25, -0.2) is 0 Å². The number of aliphatic hydroxyl groups excluding tert-OH is 1. The third kappa shape index (κ3) is 3.18. The highest BCUT2D eigenvalue weighted by atomic mass is 16.5. The van der Waals surface area contributed by atoms with Crippen molar-refractivity contribution in [3.05, 3.63) is 0 Å². The molecule has 2 aliphatic rings. The summed E-state index contributed by atoms with van der Waals surface area (Å²) in [5.41, 5.74) is -0.394. The van der Waals surface area contributed by atoms with Gasteiger partial charge in [0.1, 0.15) is 6.04 Å². The molecule has 1 heterocycles. The molecule has 98 valence electrons. The zero-order valence-electron chi connectivity index (χ0n) is 10.2. The third-order valence-electron chi connectivity index (χ3n) is 3.74. The van der Waals surface area contributed by atoms with E-state index in [9.17, 15) is 9.90 Å². The van der Waals surface area contributed by atoms with Crippen LogP contribution >= 0.6 is 0 Å². The molecule has 0 aromatic rings. The molecule has 2 rings (SSSR count). The molecule has 1 unspecified atom stereocenters. The highest BCUT2D eigenvalue weighted by Crippen LogP contribution is 2.27. The van der Waals surface area contributed by atoms with Gasteiger partial charge in [0.2, 0.25) is 5.91 Å². The minimum Gasteiger partial charge on any atom is -0.394 e. The minimum atomic E-state index is -0.394. The Balaban J connectivity index is 1.90. The summed E-state index contributed by atoms with van der Waals surface area (Å²) in [5, 5.41) is 15.7. The third-order valence-corrected chi connectivity index (χ3v) is 3.74. The summed E-state index contributed by atoms with van der Waals surface area (Å²) in [5.74, 6) is -0.0411. The van der Waals surface area contributed by atoms with E-state index in [2.05, 4.69) is 10.6 Å². The van der Waals surface area contributed by atoms with Crippen molar-refractivity contribution in [2.24, 2.45) is 0 Å². The van der Waals surface area contributed by atoms with Gasteiger partial charge in [0.15, 0.2) is 0 Å². The fourth-order valence-electron chi connectivity index (χ4n) is 2.63. The van der Waals surface area contributed by atoms with Crippen molar-refractivity contribution in [1.82, 2.24) is 10.6 Å². The zero-order valence-corrected chi connectivity index (χ0v) is 10.2. The Morgan fingerprint density at radius 3 is 2.76 bits per heavy atom. The van der Waals surface area contributed by atoms with Crippen LogP contribution in [0.15, 0.2) is 0 Å². The first-order chi connectivity index (χ1) is 8.26. The number of rotatable bonds is 3. The van der Waals surface area contributed by atoms with Gasteiger partial charge >= 0.3 is 0 Å². The van der Waals surface area contributed by atoms with Crippen molar-refractivity contribution in [1.29, 1.82) is 0 Å². The molecule has 0 bridgehead atoms. The van der Waals surface area contributed by atoms with Crippen LogP contribution in [0.2, 0.25) is 0 Å². The van der Waals surface area contributed by atoms with E-state index >= 15 is 0 Å². The Labute approximate surface area is 102 Å². The number of carbonyl (C=O) groups is 1. The van der Waals surface area contributed by atoms with Crippen LogP contribution in [0.3, 0.4) is 0 Å². The van der Waals surface area contributed by atoms with Crippen LogP contribution in [0.4, 0.5) is 0 Å². The normalized spacial score (nSPS) is 28.6. The minimum absolute atomic E-state index is 0.0340. The van der Waals surface area contributed by atoms with Gasteiger partial charge in [-0.2, -0.15) is 0 Å². The summed E-state index contributed by atoms with van der Waals surface area (Å²) in [6.45, 7) is 1.83. The average molecular weight is 242 g/mol. The van der Waals surface area contributed by atoms with Crippen LogP contribution in [-0.4, -0.2) is 49.0 Å². The molecule has 0 radical (unpaired) electrons. The Morgan fingerprint density at radius 1 is 1.41 bits per heavy atom. The zero-order chi connectivity index (χ0) is 12.1. The number of carbonyl (C=O) groups excluding carboxylic acids is 1. The molecule has 0 spiro atoms. The van der Waals surface area contributed by atoms with Gasteiger partial charge in [-0.05, 0) is 12.8 Å². The van der Waals surface area contributed by atoms with Crippen molar-refractivity contribution in [2.75, 3.05) is 26.4 Å². The second-order valence-corrected chi connectivity index (χ2v) is 5.07. The quantitative estimate of drug-likeness (QED) is 0.640.